The van der Waals surface area contributed by atoms with Crippen molar-refractivity contribution in [2.75, 3.05) is 13.7 Å². The number of allylic oxidation sites excluding steroid dienone is 1. The van der Waals surface area contributed by atoms with E-state index < -0.39 is 10.8 Å². The van der Waals surface area contributed by atoms with Crippen molar-refractivity contribution in [3.05, 3.63) is 47.5 Å². The van der Waals surface area contributed by atoms with Crippen molar-refractivity contribution in [3.63, 3.8) is 0 Å². The third-order valence-corrected chi connectivity index (χ3v) is 10.1. The number of carbonyl (C=O) groups is 3. The van der Waals surface area contributed by atoms with Gasteiger partial charge >= 0.3 is 5.97 Å². The van der Waals surface area contributed by atoms with Gasteiger partial charge in [0, 0.05) is 32.0 Å². The number of hydrogen-bond donors (Lipinski definition) is 0. The molecule has 0 radical (unpaired) electrons. The molecule has 33 heavy (non-hydrogen) atoms. The van der Waals surface area contributed by atoms with Gasteiger partial charge in [-0.25, -0.2) is 0 Å². The SMILES string of the molecule is COC(=O)C1C[C@]23CC[C@]45C(=O)CCC[C@@]4(C)CN(Cc4ccccc4)[C@H]5C2=CC1CC3=O. The molecule has 6 atom stereocenters. The maximum absolute atomic E-state index is 13.8. The van der Waals surface area contributed by atoms with Gasteiger partial charge in [0.15, 0.2) is 0 Å². The molecule has 2 spiro atoms. The zero-order valence-corrected chi connectivity index (χ0v) is 19.6. The molecule has 5 aliphatic carbocycles. The second-order valence-corrected chi connectivity index (χ2v) is 11.4. The van der Waals surface area contributed by atoms with Crippen LogP contribution in [0.3, 0.4) is 0 Å². The van der Waals surface area contributed by atoms with Crippen LogP contribution in [-0.4, -0.2) is 42.1 Å². The molecule has 3 saturated carbocycles. The maximum Gasteiger partial charge on any atom is 0.309 e. The third kappa shape index (κ3) is 2.66. The fraction of sp³-hybridized carbons (Fsp3) is 0.607. The zero-order valence-electron chi connectivity index (χ0n) is 19.6. The first-order valence-electron chi connectivity index (χ1n) is 12.5. The quantitative estimate of drug-likeness (QED) is 0.516. The first-order valence-corrected chi connectivity index (χ1v) is 12.5. The molecule has 0 aromatic heterocycles. The minimum atomic E-state index is -0.610. The van der Waals surface area contributed by atoms with E-state index in [9.17, 15) is 14.4 Å². The number of benzene rings is 1. The number of nitrogens with zero attached hydrogens (tertiary/aromatic N) is 1. The third-order valence-electron chi connectivity index (χ3n) is 10.1. The van der Waals surface area contributed by atoms with Gasteiger partial charge in [0.1, 0.15) is 11.6 Å². The molecular weight excluding hydrogens is 414 g/mol. The first-order chi connectivity index (χ1) is 15.8. The van der Waals surface area contributed by atoms with Gasteiger partial charge in [0.05, 0.1) is 23.9 Å². The van der Waals surface area contributed by atoms with E-state index in [2.05, 4.69) is 42.2 Å². The monoisotopic (exact) mass is 447 g/mol. The summed E-state index contributed by atoms with van der Waals surface area (Å²) in [6.45, 7) is 3.98. The van der Waals surface area contributed by atoms with Gasteiger partial charge in [-0.05, 0) is 54.6 Å². The Kier molecular flexibility index (Phi) is 4.59. The molecule has 7 rings (SSSR count). The molecule has 4 fully saturated rings. The number of likely N-dealkylation sites (tertiary alicyclic amines) is 1. The number of fused-ring (bicyclic) bond motifs is 2. The standard InChI is InChI=1S/C28H33NO4/c1-26-10-6-9-22(30)28(26)12-11-27-15-20(25(32)33-2)19(14-23(27)31)13-21(27)24(28)29(17-26)16-18-7-4-3-5-8-18/h3-5,7-8,13,19-20,24H,6,9-12,14-17H2,1-2H3/t19?,20?,24-,26-,27+,28+/m0/s1. The average molecular weight is 448 g/mol. The van der Waals surface area contributed by atoms with Gasteiger partial charge in [0.2, 0.25) is 0 Å². The lowest BCUT2D eigenvalue weighted by atomic mass is 9.42. The van der Waals surface area contributed by atoms with Crippen molar-refractivity contribution >= 4 is 17.5 Å². The highest BCUT2D eigenvalue weighted by atomic mass is 16.5. The Hall–Kier alpha value is -2.27. The van der Waals surface area contributed by atoms with E-state index in [0.29, 0.717) is 31.5 Å². The number of rotatable bonds is 3. The molecule has 1 aromatic rings. The topological polar surface area (TPSA) is 63.7 Å². The second-order valence-electron chi connectivity index (χ2n) is 11.4. The predicted octanol–water partition coefficient (Wildman–Crippen LogP) is 4.11. The van der Waals surface area contributed by atoms with Gasteiger partial charge in [0.25, 0.3) is 0 Å². The molecule has 1 aromatic carbocycles. The van der Waals surface area contributed by atoms with Gasteiger partial charge in [-0.1, -0.05) is 43.3 Å². The van der Waals surface area contributed by atoms with Crippen molar-refractivity contribution in [3.8, 4) is 0 Å². The molecule has 0 N–H and O–H groups in total. The molecule has 2 bridgehead atoms. The largest absolute Gasteiger partial charge is 0.469 e. The molecular formula is C28H33NO4. The van der Waals surface area contributed by atoms with Crippen LogP contribution in [-0.2, 0) is 25.7 Å². The van der Waals surface area contributed by atoms with Gasteiger partial charge in [-0.15, -0.1) is 0 Å². The summed E-state index contributed by atoms with van der Waals surface area (Å²) in [7, 11) is 1.44. The molecule has 1 heterocycles. The normalized spacial score (nSPS) is 41.8. The summed E-state index contributed by atoms with van der Waals surface area (Å²) in [5.41, 5.74) is 1.29. The molecule has 1 aliphatic heterocycles. The number of Topliss-reactive ketones (excluding diaryl/α,β-unsaturated/α-hetero) is 2. The average Bonchev–Trinajstić information content (AvgIpc) is 3.08. The minimum absolute atomic E-state index is 0.0467. The number of carbonyl (C=O) groups excluding carboxylic acids is 3. The van der Waals surface area contributed by atoms with Crippen LogP contribution in [0, 0.1) is 28.1 Å². The highest BCUT2D eigenvalue weighted by Crippen LogP contribution is 2.69. The van der Waals surface area contributed by atoms with Crippen molar-refractivity contribution in [1.29, 1.82) is 0 Å². The lowest BCUT2D eigenvalue weighted by Gasteiger charge is -2.60. The summed E-state index contributed by atoms with van der Waals surface area (Å²) >= 11 is 0. The zero-order chi connectivity index (χ0) is 23.0. The number of hydrogen-bond acceptors (Lipinski definition) is 5. The maximum atomic E-state index is 13.8. The van der Waals surface area contributed by atoms with Crippen LogP contribution in [0.2, 0.25) is 0 Å². The molecule has 2 unspecified atom stereocenters. The molecule has 0 amide bonds. The van der Waals surface area contributed by atoms with Crippen molar-refractivity contribution < 1.29 is 19.1 Å². The van der Waals surface area contributed by atoms with E-state index in [-0.39, 0.29) is 35.0 Å². The Morgan fingerprint density at radius 1 is 1.12 bits per heavy atom. The fourth-order valence-corrected chi connectivity index (χ4v) is 8.58. The van der Waals surface area contributed by atoms with E-state index in [1.165, 1.54) is 12.7 Å². The van der Waals surface area contributed by atoms with Crippen LogP contribution in [0.25, 0.3) is 0 Å². The summed E-state index contributed by atoms with van der Waals surface area (Å²) in [5, 5.41) is 0. The van der Waals surface area contributed by atoms with Crippen molar-refractivity contribution in [2.24, 2.45) is 28.1 Å². The Morgan fingerprint density at radius 2 is 1.91 bits per heavy atom. The van der Waals surface area contributed by atoms with Crippen molar-refractivity contribution in [1.82, 2.24) is 4.90 Å². The summed E-state index contributed by atoms with van der Waals surface area (Å²) in [4.78, 5) is 42.4. The van der Waals surface area contributed by atoms with E-state index in [1.807, 2.05) is 6.07 Å². The highest BCUT2D eigenvalue weighted by molar-refractivity contribution is 5.96. The number of methoxy groups -OCH3 is 1. The summed E-state index contributed by atoms with van der Waals surface area (Å²) < 4.78 is 5.11. The lowest BCUT2D eigenvalue weighted by Crippen LogP contribution is -2.63. The second kappa shape index (κ2) is 7.11. The van der Waals surface area contributed by atoms with Crippen LogP contribution in [0.15, 0.2) is 42.0 Å². The van der Waals surface area contributed by atoms with Gasteiger partial charge in [-0.3, -0.25) is 19.3 Å². The fourth-order valence-electron chi connectivity index (χ4n) is 8.58. The van der Waals surface area contributed by atoms with E-state index in [1.54, 1.807) is 0 Å². The van der Waals surface area contributed by atoms with Crippen LogP contribution in [0.1, 0.15) is 57.4 Å². The molecule has 6 aliphatic rings. The molecule has 5 heteroatoms. The Labute approximate surface area is 195 Å². The molecule has 5 nitrogen and oxygen atoms in total. The summed E-state index contributed by atoms with van der Waals surface area (Å²) in [5.74, 6) is 0.111. The predicted molar refractivity (Wildman–Crippen MR) is 123 cm³/mol. The van der Waals surface area contributed by atoms with Crippen LogP contribution in [0.5, 0.6) is 0 Å². The molecule has 174 valence electrons. The highest BCUT2D eigenvalue weighted by Gasteiger charge is 2.72. The van der Waals surface area contributed by atoms with E-state index in [0.717, 1.165) is 37.9 Å². The first kappa shape index (κ1) is 21.3. The lowest BCUT2D eigenvalue weighted by molar-refractivity contribution is -0.158. The summed E-state index contributed by atoms with van der Waals surface area (Å²) in [6, 6.07) is 10.4. The van der Waals surface area contributed by atoms with Gasteiger partial charge in [-0.2, -0.15) is 0 Å². The Bertz CT molecular complexity index is 1060. The van der Waals surface area contributed by atoms with Crippen LogP contribution < -0.4 is 0 Å². The molecule has 1 saturated heterocycles. The number of ketones is 2. The van der Waals surface area contributed by atoms with E-state index in [4.69, 9.17) is 4.74 Å². The minimum Gasteiger partial charge on any atom is -0.469 e. The van der Waals surface area contributed by atoms with Crippen LogP contribution in [0.4, 0.5) is 0 Å². The smallest absolute Gasteiger partial charge is 0.309 e. The Morgan fingerprint density at radius 3 is 2.67 bits per heavy atom. The van der Waals surface area contributed by atoms with Crippen LogP contribution >= 0.6 is 0 Å². The van der Waals surface area contributed by atoms with Gasteiger partial charge < -0.3 is 4.74 Å². The number of esters is 1. The summed E-state index contributed by atoms with van der Waals surface area (Å²) in [6.07, 6.45) is 7.31. The van der Waals surface area contributed by atoms with Crippen molar-refractivity contribution in [2.45, 2.75) is 64.5 Å². The number of ether oxygens (including phenoxy) is 1. The Balaban J connectivity index is 1.50. The van der Waals surface area contributed by atoms with E-state index >= 15 is 0 Å².